The fourth-order valence-corrected chi connectivity index (χ4v) is 2.64. The van der Waals surface area contributed by atoms with Gasteiger partial charge in [-0.3, -0.25) is 0 Å². The van der Waals surface area contributed by atoms with Gasteiger partial charge in [-0.25, -0.2) is 9.97 Å². The van der Waals surface area contributed by atoms with E-state index in [1.165, 1.54) is 16.5 Å². The highest BCUT2D eigenvalue weighted by Gasteiger charge is 2.10. The summed E-state index contributed by atoms with van der Waals surface area (Å²) in [6, 6.07) is 22.7. The minimum Gasteiger partial charge on any atom is -0.237 e. The smallest absolute Gasteiger partial charge is 0.160 e. The molecule has 0 unspecified atom stereocenters. The third-order valence-corrected chi connectivity index (χ3v) is 3.52. The van der Waals surface area contributed by atoms with Crippen LogP contribution in [0.2, 0.25) is 0 Å². The van der Waals surface area contributed by atoms with Crippen molar-refractivity contribution in [1.82, 2.24) is 9.97 Å². The maximum atomic E-state index is 4.65. The Morgan fingerprint density at radius 3 is 2.24 bits per heavy atom. The molecule has 0 aliphatic heterocycles. The first-order chi connectivity index (χ1) is 9.93. The fourth-order valence-electron chi connectivity index (χ4n) is 2.64. The number of hydrogen-bond donors (Lipinski definition) is 0. The molecule has 0 saturated heterocycles. The van der Waals surface area contributed by atoms with Gasteiger partial charge in [-0.05, 0) is 23.8 Å². The van der Waals surface area contributed by atoms with Crippen LogP contribution in [0.3, 0.4) is 0 Å². The summed E-state index contributed by atoms with van der Waals surface area (Å²) < 4.78 is 0. The molecule has 0 spiro atoms. The van der Waals surface area contributed by atoms with Crippen LogP contribution >= 0.6 is 12.4 Å². The van der Waals surface area contributed by atoms with Gasteiger partial charge < -0.3 is 0 Å². The van der Waals surface area contributed by atoms with Crippen molar-refractivity contribution < 1.29 is 0 Å². The van der Waals surface area contributed by atoms with E-state index in [1.54, 1.807) is 6.20 Å². The van der Waals surface area contributed by atoms with Crippen molar-refractivity contribution in [3.63, 3.8) is 0 Å². The third-order valence-electron chi connectivity index (χ3n) is 3.52. The highest BCUT2D eigenvalue weighted by Crippen LogP contribution is 2.33. The molecule has 102 valence electrons. The molecule has 4 rings (SSSR count). The van der Waals surface area contributed by atoms with E-state index in [2.05, 4.69) is 52.4 Å². The van der Waals surface area contributed by atoms with Gasteiger partial charge in [0.25, 0.3) is 0 Å². The lowest BCUT2D eigenvalue weighted by Gasteiger charge is -2.10. The Bertz CT molecular complexity index is 850. The van der Waals surface area contributed by atoms with Crippen molar-refractivity contribution in [1.29, 1.82) is 0 Å². The largest absolute Gasteiger partial charge is 0.237 e. The van der Waals surface area contributed by atoms with Gasteiger partial charge in [0.05, 0.1) is 5.52 Å². The topological polar surface area (TPSA) is 25.8 Å². The number of halogens is 1. The number of para-hydroxylation sites is 1. The minimum atomic E-state index is 0. The van der Waals surface area contributed by atoms with Crippen LogP contribution in [0.15, 0.2) is 72.9 Å². The highest BCUT2D eigenvalue weighted by atomic mass is 35.5. The van der Waals surface area contributed by atoms with Gasteiger partial charge in [0.2, 0.25) is 0 Å². The van der Waals surface area contributed by atoms with E-state index in [9.17, 15) is 0 Å². The minimum absolute atomic E-state index is 0. The molecule has 0 amide bonds. The zero-order valence-corrected chi connectivity index (χ0v) is 12.0. The normalized spacial score (nSPS) is 10.5. The van der Waals surface area contributed by atoms with Gasteiger partial charge in [0, 0.05) is 22.5 Å². The van der Waals surface area contributed by atoms with E-state index in [-0.39, 0.29) is 12.4 Å². The van der Waals surface area contributed by atoms with Gasteiger partial charge in [-0.15, -0.1) is 12.4 Å². The number of nitrogens with zero attached hydrogens (tertiary/aromatic N) is 2. The summed E-state index contributed by atoms with van der Waals surface area (Å²) in [5, 5.41) is 2.26. The van der Waals surface area contributed by atoms with E-state index in [0.717, 1.165) is 16.6 Å². The predicted molar refractivity (Wildman–Crippen MR) is 89.7 cm³/mol. The molecule has 2 aromatic carbocycles. The first kappa shape index (κ1) is 13.5. The molecule has 0 bridgehead atoms. The maximum Gasteiger partial charge on any atom is 0.160 e. The molecule has 0 aliphatic carbocycles. The van der Waals surface area contributed by atoms with Crippen molar-refractivity contribution in [2.24, 2.45) is 0 Å². The van der Waals surface area contributed by atoms with Crippen molar-refractivity contribution in [3.8, 4) is 11.1 Å². The van der Waals surface area contributed by atoms with Crippen LogP contribution in [0.25, 0.3) is 33.1 Å². The standard InChI is InChI=1S/C18H12N2.ClH/c1-2-7-13(8-3-1)17-14-9-4-5-11-16(14)20-18-15(17)10-6-12-19-18;/h1-12H;1H. The maximum absolute atomic E-state index is 4.65. The monoisotopic (exact) mass is 292 g/mol. The quantitative estimate of drug-likeness (QED) is 0.468. The number of rotatable bonds is 1. The third kappa shape index (κ3) is 2.24. The van der Waals surface area contributed by atoms with E-state index < -0.39 is 0 Å². The summed E-state index contributed by atoms with van der Waals surface area (Å²) in [7, 11) is 0. The molecule has 2 nitrogen and oxygen atoms in total. The second-order valence-electron chi connectivity index (χ2n) is 4.74. The highest BCUT2D eigenvalue weighted by molar-refractivity contribution is 6.08. The van der Waals surface area contributed by atoms with Gasteiger partial charge in [0.1, 0.15) is 0 Å². The SMILES string of the molecule is Cl.c1ccc(-c2c3ccccc3nc3ncccc23)cc1. The number of pyridine rings is 2. The van der Waals surface area contributed by atoms with E-state index in [4.69, 9.17) is 0 Å². The lowest BCUT2D eigenvalue weighted by molar-refractivity contribution is 1.32. The molecule has 0 atom stereocenters. The molecular formula is C18H13ClN2. The number of fused-ring (bicyclic) bond motifs is 2. The summed E-state index contributed by atoms with van der Waals surface area (Å²) in [6.45, 7) is 0. The van der Waals surface area contributed by atoms with Crippen molar-refractivity contribution in [3.05, 3.63) is 72.9 Å². The van der Waals surface area contributed by atoms with Crippen LogP contribution in [0, 0.1) is 0 Å². The van der Waals surface area contributed by atoms with Gasteiger partial charge in [-0.2, -0.15) is 0 Å². The molecule has 3 heteroatoms. The van der Waals surface area contributed by atoms with Crippen molar-refractivity contribution in [2.45, 2.75) is 0 Å². The summed E-state index contributed by atoms with van der Waals surface area (Å²) in [5.74, 6) is 0. The summed E-state index contributed by atoms with van der Waals surface area (Å²) in [5.41, 5.74) is 4.19. The lowest BCUT2D eigenvalue weighted by atomic mass is 9.97. The van der Waals surface area contributed by atoms with Gasteiger partial charge in [-0.1, -0.05) is 48.5 Å². The molecule has 0 fully saturated rings. The zero-order chi connectivity index (χ0) is 13.4. The fraction of sp³-hybridized carbons (Fsp3) is 0. The second kappa shape index (κ2) is 5.51. The van der Waals surface area contributed by atoms with Crippen LogP contribution in [-0.2, 0) is 0 Å². The first-order valence-electron chi connectivity index (χ1n) is 6.62. The molecule has 0 saturated carbocycles. The Hall–Kier alpha value is -2.45. The predicted octanol–water partition coefficient (Wildman–Crippen LogP) is 4.87. The first-order valence-corrected chi connectivity index (χ1v) is 6.62. The number of aromatic nitrogens is 2. The average molecular weight is 293 g/mol. The van der Waals surface area contributed by atoms with Crippen molar-refractivity contribution in [2.75, 3.05) is 0 Å². The molecule has 0 radical (unpaired) electrons. The van der Waals surface area contributed by atoms with Crippen LogP contribution in [0.5, 0.6) is 0 Å². The van der Waals surface area contributed by atoms with Crippen LogP contribution in [0.1, 0.15) is 0 Å². The van der Waals surface area contributed by atoms with Crippen LogP contribution < -0.4 is 0 Å². The lowest BCUT2D eigenvalue weighted by Crippen LogP contribution is -1.90. The zero-order valence-electron chi connectivity index (χ0n) is 11.2. The molecule has 2 aromatic heterocycles. The molecule has 4 aromatic rings. The van der Waals surface area contributed by atoms with Gasteiger partial charge in [0.15, 0.2) is 5.65 Å². The van der Waals surface area contributed by atoms with Crippen LogP contribution in [0.4, 0.5) is 0 Å². The van der Waals surface area contributed by atoms with E-state index >= 15 is 0 Å². The number of benzene rings is 2. The Morgan fingerprint density at radius 2 is 1.38 bits per heavy atom. The number of hydrogen-bond acceptors (Lipinski definition) is 2. The summed E-state index contributed by atoms with van der Waals surface area (Å²) in [4.78, 5) is 9.06. The van der Waals surface area contributed by atoms with Crippen LogP contribution in [-0.4, -0.2) is 9.97 Å². The molecule has 21 heavy (non-hydrogen) atoms. The Morgan fingerprint density at radius 1 is 0.667 bits per heavy atom. The average Bonchev–Trinajstić information content (AvgIpc) is 2.53. The second-order valence-corrected chi connectivity index (χ2v) is 4.74. The van der Waals surface area contributed by atoms with Gasteiger partial charge >= 0.3 is 0 Å². The Labute approximate surface area is 128 Å². The summed E-state index contributed by atoms with van der Waals surface area (Å²) >= 11 is 0. The molecular weight excluding hydrogens is 280 g/mol. The Kier molecular flexibility index (Phi) is 3.55. The van der Waals surface area contributed by atoms with E-state index in [0.29, 0.717) is 0 Å². The molecule has 0 aliphatic rings. The molecule has 2 heterocycles. The summed E-state index contributed by atoms with van der Waals surface area (Å²) in [6.07, 6.45) is 1.79. The van der Waals surface area contributed by atoms with Crippen molar-refractivity contribution >= 4 is 34.3 Å². The Balaban J connectivity index is 0.00000132. The van der Waals surface area contributed by atoms with E-state index in [1.807, 2.05) is 24.3 Å². The molecule has 0 N–H and O–H groups in total.